The minimum atomic E-state index is -3.31. The summed E-state index contributed by atoms with van der Waals surface area (Å²) in [5.41, 5.74) is 0. The molecule has 3 rings (SSSR count). The van der Waals surface area contributed by atoms with E-state index in [4.69, 9.17) is 4.74 Å². The van der Waals surface area contributed by atoms with Gasteiger partial charge in [-0.2, -0.15) is 4.31 Å². The predicted molar refractivity (Wildman–Crippen MR) is 79.5 cm³/mol. The fourth-order valence-corrected chi connectivity index (χ4v) is 5.36. The van der Waals surface area contributed by atoms with E-state index in [0.717, 1.165) is 30.2 Å². The molecule has 1 atom stereocenters. The van der Waals surface area contributed by atoms with Crippen LogP contribution in [0, 0.1) is 5.92 Å². The number of rotatable bonds is 6. The lowest BCUT2D eigenvalue weighted by Crippen LogP contribution is -2.30. The van der Waals surface area contributed by atoms with Gasteiger partial charge in [0.1, 0.15) is 4.21 Å². The monoisotopic (exact) mass is 315 g/mol. The Morgan fingerprint density at radius 2 is 2.15 bits per heavy atom. The van der Waals surface area contributed by atoms with Gasteiger partial charge in [0, 0.05) is 24.6 Å². The number of aryl methyl sites for hydroxylation is 1. The van der Waals surface area contributed by atoms with Crippen molar-refractivity contribution in [3.63, 3.8) is 0 Å². The van der Waals surface area contributed by atoms with E-state index in [1.165, 1.54) is 24.2 Å². The molecular weight excluding hydrogens is 294 g/mol. The fourth-order valence-electron chi connectivity index (χ4n) is 2.42. The molecule has 0 radical (unpaired) electrons. The average molecular weight is 315 g/mol. The molecule has 0 bridgehead atoms. The number of hydrogen-bond acceptors (Lipinski definition) is 4. The number of hydrogen-bond donors (Lipinski definition) is 0. The van der Waals surface area contributed by atoms with E-state index < -0.39 is 10.0 Å². The molecule has 1 saturated carbocycles. The predicted octanol–water partition coefficient (Wildman–Crippen LogP) is 2.50. The lowest BCUT2D eigenvalue weighted by atomic mass is 10.3. The first-order valence-electron chi connectivity index (χ1n) is 7.30. The first kappa shape index (κ1) is 14.5. The Labute approximate surface area is 124 Å². The van der Waals surface area contributed by atoms with Gasteiger partial charge in [0.15, 0.2) is 0 Å². The molecule has 1 unspecified atom stereocenters. The molecule has 4 nitrogen and oxygen atoms in total. The van der Waals surface area contributed by atoms with Crippen molar-refractivity contribution < 1.29 is 13.2 Å². The molecule has 0 N–H and O–H groups in total. The van der Waals surface area contributed by atoms with E-state index in [1.54, 1.807) is 10.4 Å². The summed E-state index contributed by atoms with van der Waals surface area (Å²) in [7, 11) is -3.31. The summed E-state index contributed by atoms with van der Waals surface area (Å²) in [4.78, 5) is 1.12. The van der Waals surface area contributed by atoms with Gasteiger partial charge in [-0.1, -0.05) is 6.92 Å². The molecule has 2 heterocycles. The number of ether oxygens (including phenoxy) is 1. The molecule has 1 aromatic rings. The van der Waals surface area contributed by atoms with Gasteiger partial charge in [-0.05, 0) is 43.7 Å². The van der Waals surface area contributed by atoms with Gasteiger partial charge in [0.25, 0.3) is 10.0 Å². The van der Waals surface area contributed by atoms with Crippen molar-refractivity contribution in [2.45, 2.75) is 42.9 Å². The molecular formula is C14H21NO3S2. The molecule has 20 heavy (non-hydrogen) atoms. The number of thiophene rings is 1. The van der Waals surface area contributed by atoms with Crippen LogP contribution in [0.2, 0.25) is 0 Å². The smallest absolute Gasteiger partial charge is 0.252 e. The second kappa shape index (κ2) is 5.75. The normalized spacial score (nSPS) is 24.4. The Balaban J connectivity index is 1.62. The van der Waals surface area contributed by atoms with E-state index >= 15 is 0 Å². The zero-order valence-electron chi connectivity index (χ0n) is 11.7. The second-order valence-electron chi connectivity index (χ2n) is 5.62. The molecule has 6 heteroatoms. The van der Waals surface area contributed by atoms with Gasteiger partial charge >= 0.3 is 0 Å². The minimum Gasteiger partial charge on any atom is -0.377 e. The summed E-state index contributed by atoms with van der Waals surface area (Å²) in [5.74, 6) is 0.727. The van der Waals surface area contributed by atoms with Crippen LogP contribution in [0.3, 0.4) is 0 Å². The van der Waals surface area contributed by atoms with E-state index in [2.05, 4.69) is 0 Å². The Hall–Kier alpha value is -0.430. The minimum absolute atomic E-state index is 0.0796. The lowest BCUT2D eigenvalue weighted by Gasteiger charge is -2.15. The van der Waals surface area contributed by atoms with Crippen molar-refractivity contribution in [2.24, 2.45) is 5.92 Å². The first-order chi connectivity index (χ1) is 9.59. The van der Waals surface area contributed by atoms with Crippen molar-refractivity contribution in [1.82, 2.24) is 4.31 Å². The van der Waals surface area contributed by atoms with Crippen LogP contribution >= 0.6 is 11.3 Å². The standard InChI is InChI=1S/C14H21NO3S2/c1-2-13-5-6-14(19-13)20(16,17)15-8-7-12(9-15)18-10-11-3-4-11/h5-6,11-12H,2-4,7-10H2,1H3. The maximum absolute atomic E-state index is 12.5. The molecule has 1 aliphatic carbocycles. The van der Waals surface area contributed by atoms with E-state index in [9.17, 15) is 8.42 Å². The summed E-state index contributed by atoms with van der Waals surface area (Å²) in [6, 6.07) is 3.64. The van der Waals surface area contributed by atoms with Crippen molar-refractivity contribution in [1.29, 1.82) is 0 Å². The Kier molecular flexibility index (Phi) is 4.17. The van der Waals surface area contributed by atoms with Gasteiger partial charge in [-0.3, -0.25) is 0 Å². The van der Waals surface area contributed by atoms with Crippen LogP contribution in [0.15, 0.2) is 16.3 Å². The summed E-state index contributed by atoms with van der Waals surface area (Å²) in [6.45, 7) is 3.93. The van der Waals surface area contributed by atoms with Crippen LogP contribution < -0.4 is 0 Å². The number of sulfonamides is 1. The third kappa shape index (κ3) is 3.08. The fraction of sp³-hybridized carbons (Fsp3) is 0.714. The molecule has 0 aromatic carbocycles. The molecule has 2 fully saturated rings. The van der Waals surface area contributed by atoms with Crippen LogP contribution in [0.5, 0.6) is 0 Å². The molecule has 0 spiro atoms. The van der Waals surface area contributed by atoms with Crippen LogP contribution in [0.4, 0.5) is 0 Å². The lowest BCUT2D eigenvalue weighted by molar-refractivity contribution is 0.0561. The van der Waals surface area contributed by atoms with E-state index in [0.29, 0.717) is 17.3 Å². The molecule has 2 aliphatic rings. The van der Waals surface area contributed by atoms with E-state index in [1.807, 2.05) is 13.0 Å². The van der Waals surface area contributed by atoms with Gasteiger partial charge in [0.2, 0.25) is 0 Å². The molecule has 0 amide bonds. The largest absolute Gasteiger partial charge is 0.377 e. The van der Waals surface area contributed by atoms with Crippen LogP contribution in [-0.2, 0) is 21.2 Å². The van der Waals surface area contributed by atoms with Gasteiger partial charge < -0.3 is 4.74 Å². The topological polar surface area (TPSA) is 46.6 Å². The highest BCUT2D eigenvalue weighted by molar-refractivity contribution is 7.91. The maximum atomic E-state index is 12.5. The van der Waals surface area contributed by atoms with E-state index in [-0.39, 0.29) is 6.10 Å². The van der Waals surface area contributed by atoms with Crippen molar-refractivity contribution >= 4 is 21.4 Å². The highest BCUT2D eigenvalue weighted by Gasteiger charge is 2.34. The quantitative estimate of drug-likeness (QED) is 0.810. The average Bonchev–Trinajstić information content (AvgIpc) is 2.96. The maximum Gasteiger partial charge on any atom is 0.252 e. The van der Waals surface area contributed by atoms with Crippen LogP contribution in [0.1, 0.15) is 31.1 Å². The van der Waals surface area contributed by atoms with Gasteiger partial charge in [0.05, 0.1) is 6.10 Å². The van der Waals surface area contributed by atoms with Gasteiger partial charge in [-0.15, -0.1) is 11.3 Å². The molecule has 1 saturated heterocycles. The summed E-state index contributed by atoms with van der Waals surface area (Å²) >= 11 is 1.39. The van der Waals surface area contributed by atoms with Crippen LogP contribution in [0.25, 0.3) is 0 Å². The van der Waals surface area contributed by atoms with Gasteiger partial charge in [-0.25, -0.2) is 8.42 Å². The molecule has 1 aromatic heterocycles. The van der Waals surface area contributed by atoms with Crippen molar-refractivity contribution in [3.8, 4) is 0 Å². The summed E-state index contributed by atoms with van der Waals surface area (Å²) in [5, 5.41) is 0. The zero-order valence-corrected chi connectivity index (χ0v) is 13.4. The highest BCUT2D eigenvalue weighted by Crippen LogP contribution is 2.31. The van der Waals surface area contributed by atoms with Crippen LogP contribution in [-0.4, -0.2) is 38.5 Å². The third-order valence-electron chi connectivity index (χ3n) is 3.95. The highest BCUT2D eigenvalue weighted by atomic mass is 32.2. The Morgan fingerprint density at radius 1 is 1.35 bits per heavy atom. The Bertz CT molecular complexity index is 563. The summed E-state index contributed by atoms with van der Waals surface area (Å²) in [6.07, 6.45) is 4.31. The molecule has 112 valence electrons. The number of nitrogens with zero attached hydrogens (tertiary/aromatic N) is 1. The Morgan fingerprint density at radius 3 is 2.80 bits per heavy atom. The zero-order chi connectivity index (χ0) is 14.2. The second-order valence-corrected chi connectivity index (χ2v) is 8.96. The van der Waals surface area contributed by atoms with Crippen molar-refractivity contribution in [2.75, 3.05) is 19.7 Å². The first-order valence-corrected chi connectivity index (χ1v) is 9.55. The third-order valence-corrected chi connectivity index (χ3v) is 7.51. The SMILES string of the molecule is CCc1ccc(S(=O)(=O)N2CCC(OCC3CC3)C2)s1. The molecule has 1 aliphatic heterocycles. The summed E-state index contributed by atoms with van der Waals surface area (Å²) < 4.78 is 32.9. The van der Waals surface area contributed by atoms with Crippen molar-refractivity contribution in [3.05, 3.63) is 17.0 Å².